The number of aromatic nitrogens is 2. The zero-order valence-electron chi connectivity index (χ0n) is 10.2. The lowest BCUT2D eigenvalue weighted by atomic mass is 10.2. The summed E-state index contributed by atoms with van der Waals surface area (Å²) in [5.41, 5.74) is 0.503. The van der Waals surface area contributed by atoms with Crippen molar-refractivity contribution in [2.24, 2.45) is 4.99 Å². The maximum absolute atomic E-state index is 9.89. The van der Waals surface area contributed by atoms with E-state index in [1.807, 2.05) is 0 Å². The Labute approximate surface area is 109 Å². The van der Waals surface area contributed by atoms with E-state index in [4.69, 9.17) is 9.84 Å². The Morgan fingerprint density at radius 1 is 1.47 bits per heavy atom. The monoisotopic (exact) mass is 268 g/mol. The first-order valence-electron chi connectivity index (χ1n) is 6.14. The van der Waals surface area contributed by atoms with Crippen molar-refractivity contribution in [3.8, 4) is 0 Å². The number of nitrogens with zero attached hydrogens (tertiary/aromatic N) is 3. The highest BCUT2D eigenvalue weighted by Crippen LogP contribution is 2.34. The van der Waals surface area contributed by atoms with Crippen LogP contribution in [0.15, 0.2) is 11.3 Å². The van der Waals surface area contributed by atoms with Crippen molar-refractivity contribution in [2.45, 2.75) is 31.0 Å². The Morgan fingerprint density at radius 3 is 3.05 bits per heavy atom. The second kappa shape index (κ2) is 4.89. The molecular weight excluding hydrogens is 252 g/mol. The third-order valence-electron chi connectivity index (χ3n) is 3.40. The summed E-state index contributed by atoms with van der Waals surface area (Å²) in [7, 11) is 0. The number of fused-ring (bicyclic) bond motifs is 1. The normalized spacial score (nSPS) is 33.8. The molecule has 2 aliphatic rings. The minimum Gasteiger partial charge on any atom is -0.394 e. The van der Waals surface area contributed by atoms with E-state index in [2.05, 4.69) is 15.3 Å². The number of anilines is 1. The van der Waals surface area contributed by atoms with Gasteiger partial charge in [-0.25, -0.2) is 4.98 Å². The van der Waals surface area contributed by atoms with Crippen LogP contribution in [0.5, 0.6) is 0 Å². The molecule has 0 radical (unpaired) electrons. The van der Waals surface area contributed by atoms with Crippen LogP contribution in [0.2, 0.25) is 0 Å². The quantitative estimate of drug-likeness (QED) is 0.548. The molecule has 0 spiro atoms. The molecule has 1 aromatic rings. The predicted molar refractivity (Wildman–Crippen MR) is 65.8 cm³/mol. The molecule has 0 bridgehead atoms. The molecule has 1 aromatic heterocycles. The zero-order valence-corrected chi connectivity index (χ0v) is 10.2. The van der Waals surface area contributed by atoms with Gasteiger partial charge in [0.2, 0.25) is 0 Å². The molecule has 0 aromatic carbocycles. The third-order valence-corrected chi connectivity index (χ3v) is 3.40. The van der Waals surface area contributed by atoms with E-state index in [0.717, 1.165) is 0 Å². The van der Waals surface area contributed by atoms with Gasteiger partial charge in [0.25, 0.3) is 0 Å². The van der Waals surface area contributed by atoms with Crippen LogP contribution < -0.4 is 5.32 Å². The highest BCUT2D eigenvalue weighted by atomic mass is 16.5. The van der Waals surface area contributed by atoms with E-state index < -0.39 is 24.5 Å². The lowest BCUT2D eigenvalue weighted by Gasteiger charge is -2.16. The fourth-order valence-electron chi connectivity index (χ4n) is 2.38. The van der Waals surface area contributed by atoms with E-state index in [1.165, 1.54) is 6.34 Å². The van der Waals surface area contributed by atoms with Crippen LogP contribution in [0.1, 0.15) is 24.4 Å². The van der Waals surface area contributed by atoms with Gasteiger partial charge in [-0.15, -0.1) is 0 Å². The summed E-state index contributed by atoms with van der Waals surface area (Å²) >= 11 is 0. The third kappa shape index (κ3) is 2.12. The molecule has 0 saturated carbocycles. The summed E-state index contributed by atoms with van der Waals surface area (Å²) in [5, 5.41) is 31.7. The van der Waals surface area contributed by atoms with E-state index in [9.17, 15) is 10.2 Å². The number of aliphatic hydroxyl groups is 3. The van der Waals surface area contributed by atoms with Gasteiger partial charge in [-0.1, -0.05) is 0 Å². The van der Waals surface area contributed by atoms with Gasteiger partial charge in [-0.2, -0.15) is 0 Å². The standard InChI is InChI=1S/C11H16N4O4/c16-3-8-6(17)1-9(19-8)15-5-14-10-7(18)2-12-4-13-11(10)15/h4-9,16-18H,1-3H2,(H,12,13)/t6-,7-,8-,9-/m0/s1. The smallest absolute Gasteiger partial charge is 0.139 e. The van der Waals surface area contributed by atoms with Crippen LogP contribution >= 0.6 is 0 Å². The molecule has 2 aliphatic heterocycles. The fraction of sp³-hybridized carbons (Fsp3) is 0.636. The molecule has 0 aliphatic carbocycles. The second-order valence-corrected chi connectivity index (χ2v) is 4.65. The van der Waals surface area contributed by atoms with Gasteiger partial charge in [-0.05, 0) is 0 Å². The van der Waals surface area contributed by atoms with E-state index in [1.54, 1.807) is 10.9 Å². The van der Waals surface area contributed by atoms with Gasteiger partial charge in [0.05, 0.1) is 31.9 Å². The Kier molecular flexibility index (Phi) is 3.23. The molecule has 0 unspecified atom stereocenters. The summed E-state index contributed by atoms with van der Waals surface area (Å²) < 4.78 is 7.27. The molecule has 8 nitrogen and oxygen atoms in total. The molecule has 0 amide bonds. The second-order valence-electron chi connectivity index (χ2n) is 4.65. The van der Waals surface area contributed by atoms with Crippen molar-refractivity contribution in [2.75, 3.05) is 18.5 Å². The van der Waals surface area contributed by atoms with Crippen LogP contribution in [0.25, 0.3) is 0 Å². The molecule has 8 heteroatoms. The van der Waals surface area contributed by atoms with Gasteiger partial charge in [0.1, 0.15) is 29.9 Å². The topological polar surface area (TPSA) is 112 Å². The molecular formula is C11H16N4O4. The minimum absolute atomic E-state index is 0.230. The van der Waals surface area contributed by atoms with E-state index in [0.29, 0.717) is 17.9 Å². The molecule has 4 atom stereocenters. The van der Waals surface area contributed by atoms with Crippen molar-refractivity contribution in [3.05, 3.63) is 12.0 Å². The molecule has 104 valence electrons. The number of imidazole rings is 1. The van der Waals surface area contributed by atoms with Gasteiger partial charge in [0, 0.05) is 6.42 Å². The van der Waals surface area contributed by atoms with Crippen molar-refractivity contribution in [1.29, 1.82) is 0 Å². The molecule has 1 saturated heterocycles. The highest BCUT2D eigenvalue weighted by molar-refractivity contribution is 5.76. The minimum atomic E-state index is -0.762. The molecule has 3 heterocycles. The SMILES string of the molecule is OC[C@@H]1O[C@H](n2cnc3c2NC=NC[C@@H]3O)C[C@@H]1O. The first-order chi connectivity index (χ1) is 9.20. The number of aliphatic imine (C=N–C) groups is 1. The molecule has 19 heavy (non-hydrogen) atoms. The largest absolute Gasteiger partial charge is 0.394 e. The van der Waals surface area contributed by atoms with Gasteiger partial charge in [-0.3, -0.25) is 9.56 Å². The summed E-state index contributed by atoms with van der Waals surface area (Å²) in [6.45, 7) is 0.0243. The summed E-state index contributed by atoms with van der Waals surface area (Å²) in [6.07, 6.45) is 0.935. The number of hydrogen-bond donors (Lipinski definition) is 4. The van der Waals surface area contributed by atoms with Crippen LogP contribution in [0.3, 0.4) is 0 Å². The van der Waals surface area contributed by atoms with Crippen molar-refractivity contribution >= 4 is 12.2 Å². The van der Waals surface area contributed by atoms with Crippen LogP contribution in [-0.4, -0.2) is 56.6 Å². The van der Waals surface area contributed by atoms with Crippen molar-refractivity contribution in [3.63, 3.8) is 0 Å². The highest BCUT2D eigenvalue weighted by Gasteiger charge is 2.36. The first kappa shape index (κ1) is 12.5. The van der Waals surface area contributed by atoms with Crippen LogP contribution in [0, 0.1) is 0 Å². The van der Waals surface area contributed by atoms with Gasteiger partial charge in [0.15, 0.2) is 0 Å². The number of rotatable bonds is 2. The molecule has 1 fully saturated rings. The summed E-state index contributed by atoms with van der Waals surface area (Å²) in [4.78, 5) is 8.15. The Hall–Kier alpha value is -1.48. The predicted octanol–water partition coefficient (Wildman–Crippen LogP) is -0.989. The van der Waals surface area contributed by atoms with E-state index >= 15 is 0 Å². The zero-order chi connectivity index (χ0) is 13.4. The molecule has 3 rings (SSSR count). The number of nitrogens with one attached hydrogen (secondary N) is 1. The Balaban J connectivity index is 1.89. The average molecular weight is 268 g/mol. The first-order valence-corrected chi connectivity index (χ1v) is 6.14. The maximum atomic E-state index is 9.89. The lowest BCUT2D eigenvalue weighted by Crippen LogP contribution is -2.24. The van der Waals surface area contributed by atoms with Crippen LogP contribution in [-0.2, 0) is 4.74 Å². The number of ether oxygens (including phenoxy) is 1. The van der Waals surface area contributed by atoms with Crippen molar-refractivity contribution in [1.82, 2.24) is 9.55 Å². The van der Waals surface area contributed by atoms with Gasteiger partial charge >= 0.3 is 0 Å². The Morgan fingerprint density at radius 2 is 2.32 bits per heavy atom. The maximum Gasteiger partial charge on any atom is 0.139 e. The van der Waals surface area contributed by atoms with E-state index in [-0.39, 0.29) is 13.2 Å². The number of aliphatic hydroxyl groups excluding tert-OH is 3. The molecule has 4 N–H and O–H groups in total. The lowest BCUT2D eigenvalue weighted by molar-refractivity contribution is -0.0437. The number of hydrogen-bond acceptors (Lipinski definition) is 7. The summed E-state index contributed by atoms with van der Waals surface area (Å²) in [5.74, 6) is 0.601. The fourth-order valence-corrected chi connectivity index (χ4v) is 2.38. The van der Waals surface area contributed by atoms with Crippen molar-refractivity contribution < 1.29 is 20.1 Å². The van der Waals surface area contributed by atoms with Gasteiger partial charge < -0.3 is 25.4 Å². The van der Waals surface area contributed by atoms with Crippen LogP contribution in [0.4, 0.5) is 5.82 Å². The Bertz CT molecular complexity index is 489. The summed E-state index contributed by atoms with van der Waals surface area (Å²) in [6, 6.07) is 0. The average Bonchev–Trinajstić information content (AvgIpc) is 2.93.